The second-order valence-corrected chi connectivity index (χ2v) is 7.18. The van der Waals surface area contributed by atoms with Gasteiger partial charge in [-0.05, 0) is 34.1 Å². The second kappa shape index (κ2) is 8.86. The summed E-state index contributed by atoms with van der Waals surface area (Å²) in [6.07, 6.45) is -0.639. The van der Waals surface area contributed by atoms with Crippen molar-refractivity contribution >= 4 is 23.9 Å². The molecule has 148 valence electrons. The lowest BCUT2D eigenvalue weighted by molar-refractivity contribution is -0.151. The van der Waals surface area contributed by atoms with E-state index in [2.05, 4.69) is 10.1 Å². The molecule has 1 heterocycles. The average molecular weight is 372 g/mol. The fraction of sp³-hybridized carbons (Fsp3) is 0.765. The Labute approximate surface area is 153 Å². The van der Waals surface area contributed by atoms with Gasteiger partial charge in [-0.15, -0.1) is 0 Å². The molecule has 0 aromatic heterocycles. The molecule has 0 spiro atoms. The lowest BCUT2D eigenvalue weighted by Gasteiger charge is -2.42. The zero-order valence-electron chi connectivity index (χ0n) is 16.2. The maximum Gasteiger partial charge on any atom is 0.410 e. The van der Waals surface area contributed by atoms with E-state index < -0.39 is 54.0 Å². The first-order chi connectivity index (χ1) is 12.0. The van der Waals surface area contributed by atoms with E-state index in [1.165, 1.54) is 19.1 Å². The standard InChI is InChI=1S/C17H28N2O7/c1-10-14(15(22)25-6)11(18-12(20)9-13(21)24-5)7-8-19(10)16(23)26-17(2,3)4/h10-11,14H,7-9H2,1-6H3,(H,18,20). The van der Waals surface area contributed by atoms with Gasteiger partial charge in [0.05, 0.1) is 20.1 Å². The Hall–Kier alpha value is -2.32. The van der Waals surface area contributed by atoms with E-state index in [0.29, 0.717) is 13.0 Å². The molecular weight excluding hydrogens is 344 g/mol. The number of esters is 2. The van der Waals surface area contributed by atoms with Crippen LogP contribution < -0.4 is 5.32 Å². The summed E-state index contributed by atoms with van der Waals surface area (Å²) in [7, 11) is 2.43. The number of likely N-dealkylation sites (tertiary alicyclic amines) is 1. The largest absolute Gasteiger partial charge is 0.469 e. The van der Waals surface area contributed by atoms with Crippen LogP contribution in [0.15, 0.2) is 0 Å². The Balaban J connectivity index is 2.90. The van der Waals surface area contributed by atoms with E-state index in [-0.39, 0.29) is 0 Å². The average Bonchev–Trinajstić information content (AvgIpc) is 2.52. The highest BCUT2D eigenvalue weighted by atomic mass is 16.6. The van der Waals surface area contributed by atoms with Crippen LogP contribution in [0.1, 0.15) is 40.5 Å². The van der Waals surface area contributed by atoms with Gasteiger partial charge in [0, 0.05) is 18.6 Å². The SMILES string of the molecule is COC(=O)CC(=O)NC1CCN(C(=O)OC(C)(C)C)C(C)C1C(=O)OC. The number of carbonyl (C=O) groups is 4. The molecule has 1 rings (SSSR count). The molecule has 0 bridgehead atoms. The Morgan fingerprint density at radius 3 is 2.23 bits per heavy atom. The molecule has 0 aromatic carbocycles. The van der Waals surface area contributed by atoms with E-state index in [1.807, 2.05) is 0 Å². The van der Waals surface area contributed by atoms with Gasteiger partial charge in [-0.2, -0.15) is 0 Å². The van der Waals surface area contributed by atoms with Gasteiger partial charge < -0.3 is 24.4 Å². The smallest absolute Gasteiger partial charge is 0.410 e. The van der Waals surface area contributed by atoms with Crippen molar-refractivity contribution in [2.45, 2.75) is 58.2 Å². The van der Waals surface area contributed by atoms with Gasteiger partial charge in [0.25, 0.3) is 0 Å². The van der Waals surface area contributed by atoms with Crippen LogP contribution in [0.4, 0.5) is 4.79 Å². The first-order valence-electron chi connectivity index (χ1n) is 8.43. The monoisotopic (exact) mass is 372 g/mol. The predicted octanol–water partition coefficient (Wildman–Crippen LogP) is 0.853. The molecule has 2 amide bonds. The zero-order chi connectivity index (χ0) is 20.1. The van der Waals surface area contributed by atoms with Crippen LogP contribution in [0.2, 0.25) is 0 Å². The van der Waals surface area contributed by atoms with Gasteiger partial charge in [0.2, 0.25) is 5.91 Å². The third-order valence-electron chi connectivity index (χ3n) is 4.11. The minimum absolute atomic E-state index is 0.298. The van der Waals surface area contributed by atoms with Gasteiger partial charge in [-0.25, -0.2) is 4.79 Å². The molecule has 9 heteroatoms. The van der Waals surface area contributed by atoms with Crippen LogP contribution >= 0.6 is 0 Å². The summed E-state index contributed by atoms with van der Waals surface area (Å²) < 4.78 is 14.7. The maximum atomic E-state index is 12.4. The highest BCUT2D eigenvalue weighted by Crippen LogP contribution is 2.27. The summed E-state index contributed by atoms with van der Waals surface area (Å²) >= 11 is 0. The number of piperidine rings is 1. The molecule has 1 N–H and O–H groups in total. The van der Waals surface area contributed by atoms with Gasteiger partial charge in [-0.3, -0.25) is 14.4 Å². The molecule has 0 radical (unpaired) electrons. The fourth-order valence-electron chi connectivity index (χ4n) is 2.89. The van der Waals surface area contributed by atoms with Crippen LogP contribution in [0.25, 0.3) is 0 Å². The van der Waals surface area contributed by atoms with Crippen LogP contribution in [-0.4, -0.2) is 67.3 Å². The molecule has 1 aliphatic heterocycles. The normalized spacial score (nSPS) is 23.0. The number of ether oxygens (including phenoxy) is 3. The summed E-state index contributed by atoms with van der Waals surface area (Å²) in [5.74, 6) is -2.54. The molecule has 26 heavy (non-hydrogen) atoms. The Bertz CT molecular complexity index is 556. The van der Waals surface area contributed by atoms with Gasteiger partial charge in [0.1, 0.15) is 12.0 Å². The number of methoxy groups -OCH3 is 2. The van der Waals surface area contributed by atoms with Crippen molar-refractivity contribution in [2.75, 3.05) is 20.8 Å². The van der Waals surface area contributed by atoms with Gasteiger partial charge >= 0.3 is 18.0 Å². The number of hydrogen-bond acceptors (Lipinski definition) is 7. The number of nitrogens with one attached hydrogen (secondary N) is 1. The van der Waals surface area contributed by atoms with Crippen molar-refractivity contribution in [3.8, 4) is 0 Å². The minimum Gasteiger partial charge on any atom is -0.469 e. The number of nitrogens with zero attached hydrogens (tertiary/aromatic N) is 1. The highest BCUT2D eigenvalue weighted by molar-refractivity contribution is 5.94. The lowest BCUT2D eigenvalue weighted by atomic mass is 9.85. The molecule has 1 aliphatic rings. The Morgan fingerprint density at radius 1 is 1.12 bits per heavy atom. The van der Waals surface area contributed by atoms with Crippen LogP contribution in [0.5, 0.6) is 0 Å². The molecule has 0 aliphatic carbocycles. The molecular formula is C17H28N2O7. The van der Waals surface area contributed by atoms with Crippen molar-refractivity contribution in [2.24, 2.45) is 5.92 Å². The van der Waals surface area contributed by atoms with Crippen LogP contribution in [-0.2, 0) is 28.6 Å². The van der Waals surface area contributed by atoms with E-state index in [4.69, 9.17) is 9.47 Å². The summed E-state index contributed by atoms with van der Waals surface area (Å²) in [6, 6.07) is -1.11. The lowest BCUT2D eigenvalue weighted by Crippen LogP contribution is -2.60. The van der Waals surface area contributed by atoms with Crippen molar-refractivity contribution in [3.05, 3.63) is 0 Å². The Morgan fingerprint density at radius 2 is 1.73 bits per heavy atom. The molecule has 1 fully saturated rings. The summed E-state index contributed by atoms with van der Waals surface area (Å²) in [5, 5.41) is 2.67. The number of rotatable bonds is 4. The third kappa shape index (κ3) is 5.89. The topological polar surface area (TPSA) is 111 Å². The molecule has 9 nitrogen and oxygen atoms in total. The minimum atomic E-state index is -0.775. The fourth-order valence-corrected chi connectivity index (χ4v) is 2.89. The molecule has 0 aromatic rings. The number of hydrogen-bond donors (Lipinski definition) is 1. The molecule has 3 atom stereocenters. The first-order valence-corrected chi connectivity index (χ1v) is 8.43. The van der Waals surface area contributed by atoms with E-state index in [1.54, 1.807) is 27.7 Å². The third-order valence-corrected chi connectivity index (χ3v) is 4.11. The molecule has 0 saturated carbocycles. The van der Waals surface area contributed by atoms with Crippen molar-refractivity contribution in [1.29, 1.82) is 0 Å². The molecule has 3 unspecified atom stereocenters. The van der Waals surface area contributed by atoms with E-state index in [0.717, 1.165) is 0 Å². The van der Waals surface area contributed by atoms with Gasteiger partial charge in [-0.1, -0.05) is 0 Å². The van der Waals surface area contributed by atoms with Crippen molar-refractivity contribution in [3.63, 3.8) is 0 Å². The Kier molecular flexibility index (Phi) is 7.41. The summed E-state index contributed by atoms with van der Waals surface area (Å²) in [5.41, 5.74) is -0.664. The van der Waals surface area contributed by atoms with Crippen molar-refractivity contribution in [1.82, 2.24) is 10.2 Å². The van der Waals surface area contributed by atoms with Gasteiger partial charge in [0.15, 0.2) is 0 Å². The van der Waals surface area contributed by atoms with Crippen molar-refractivity contribution < 1.29 is 33.4 Å². The first kappa shape index (κ1) is 21.7. The second-order valence-electron chi connectivity index (χ2n) is 7.18. The van der Waals surface area contributed by atoms with Crippen LogP contribution in [0.3, 0.4) is 0 Å². The zero-order valence-corrected chi connectivity index (χ0v) is 16.2. The number of amides is 2. The summed E-state index contributed by atoms with van der Waals surface area (Å²) in [6.45, 7) is 7.27. The number of carbonyl (C=O) groups excluding carboxylic acids is 4. The highest BCUT2D eigenvalue weighted by Gasteiger charge is 2.44. The maximum absolute atomic E-state index is 12.4. The van der Waals surface area contributed by atoms with Crippen LogP contribution in [0, 0.1) is 5.92 Å². The quantitative estimate of drug-likeness (QED) is 0.442. The van der Waals surface area contributed by atoms with E-state index >= 15 is 0 Å². The molecule has 1 saturated heterocycles. The van der Waals surface area contributed by atoms with E-state index in [9.17, 15) is 19.2 Å². The summed E-state index contributed by atoms with van der Waals surface area (Å²) in [4.78, 5) is 49.3. The predicted molar refractivity (Wildman–Crippen MR) is 91.1 cm³/mol.